The number of amides is 2. The summed E-state index contributed by atoms with van der Waals surface area (Å²) in [6.45, 7) is 2.35. The maximum Gasteiger partial charge on any atom is 0.252 e. The van der Waals surface area contributed by atoms with Crippen LogP contribution in [0.3, 0.4) is 0 Å². The van der Waals surface area contributed by atoms with Crippen molar-refractivity contribution in [2.45, 2.75) is 30.6 Å². The molecule has 1 aliphatic rings. The smallest absolute Gasteiger partial charge is 0.252 e. The van der Waals surface area contributed by atoms with Crippen molar-refractivity contribution in [2.24, 2.45) is 0 Å². The fourth-order valence-corrected chi connectivity index (χ4v) is 4.48. The van der Waals surface area contributed by atoms with E-state index in [1.54, 1.807) is 0 Å². The van der Waals surface area contributed by atoms with Crippen molar-refractivity contribution >= 4 is 29.3 Å². The summed E-state index contributed by atoms with van der Waals surface area (Å²) >= 11 is 1.45. The molecule has 160 valence electrons. The van der Waals surface area contributed by atoms with Gasteiger partial charge in [-0.05, 0) is 55.5 Å². The molecule has 30 heavy (non-hydrogen) atoms. The Labute approximate surface area is 183 Å². The van der Waals surface area contributed by atoms with E-state index < -0.39 is 0 Å². The monoisotopic (exact) mass is 425 g/mol. The van der Waals surface area contributed by atoms with E-state index in [0.29, 0.717) is 17.9 Å². The molecule has 1 fully saturated rings. The van der Waals surface area contributed by atoms with Gasteiger partial charge in [-0.2, -0.15) is 0 Å². The molecule has 3 rings (SSSR count). The summed E-state index contributed by atoms with van der Waals surface area (Å²) in [5, 5.41) is 3.03. The summed E-state index contributed by atoms with van der Waals surface area (Å²) in [6.07, 6.45) is 3.99. The quantitative estimate of drug-likeness (QED) is 0.490. The summed E-state index contributed by atoms with van der Waals surface area (Å²) in [7, 11) is 4.06. The van der Waals surface area contributed by atoms with Crippen molar-refractivity contribution in [3.63, 3.8) is 0 Å². The first-order valence-corrected chi connectivity index (χ1v) is 11.6. The molecule has 0 radical (unpaired) electrons. The summed E-state index contributed by atoms with van der Waals surface area (Å²) in [5.41, 5.74) is 3.10. The molecule has 6 heteroatoms. The molecule has 0 unspecified atom stereocenters. The van der Waals surface area contributed by atoms with Crippen molar-refractivity contribution in [1.29, 1.82) is 0 Å². The first-order valence-electron chi connectivity index (χ1n) is 10.6. The number of nitrogens with zero attached hydrogens (tertiary/aromatic N) is 2. The summed E-state index contributed by atoms with van der Waals surface area (Å²) < 4.78 is 0. The van der Waals surface area contributed by atoms with Crippen LogP contribution in [0.2, 0.25) is 0 Å². The van der Waals surface area contributed by atoms with Gasteiger partial charge in [0.15, 0.2) is 0 Å². The molecule has 5 nitrogen and oxygen atoms in total. The predicted octanol–water partition coefficient (Wildman–Crippen LogP) is 3.83. The second kappa shape index (κ2) is 11.1. The Kier molecular flexibility index (Phi) is 8.20. The molecule has 0 saturated carbocycles. The van der Waals surface area contributed by atoms with E-state index in [2.05, 4.69) is 34.5 Å². The second-order valence-electron chi connectivity index (χ2n) is 7.79. The van der Waals surface area contributed by atoms with Gasteiger partial charge in [0.05, 0.1) is 11.3 Å². The molecule has 0 aromatic heterocycles. The van der Waals surface area contributed by atoms with Crippen LogP contribution in [-0.2, 0) is 11.2 Å². The van der Waals surface area contributed by atoms with Gasteiger partial charge >= 0.3 is 0 Å². The minimum Gasteiger partial charge on any atom is -0.378 e. The Morgan fingerprint density at radius 2 is 1.73 bits per heavy atom. The third kappa shape index (κ3) is 6.26. The van der Waals surface area contributed by atoms with Crippen LogP contribution >= 0.6 is 11.8 Å². The largest absolute Gasteiger partial charge is 0.378 e. The van der Waals surface area contributed by atoms with Crippen LogP contribution in [0.5, 0.6) is 0 Å². The molecule has 1 N–H and O–H groups in total. The fraction of sp³-hybridized carbons (Fsp3) is 0.417. The van der Waals surface area contributed by atoms with Gasteiger partial charge in [0.2, 0.25) is 5.91 Å². The van der Waals surface area contributed by atoms with E-state index >= 15 is 0 Å². The topological polar surface area (TPSA) is 52.7 Å². The lowest BCUT2D eigenvalue weighted by atomic mass is 10.1. The lowest BCUT2D eigenvalue weighted by molar-refractivity contribution is -0.127. The Balaban J connectivity index is 1.46. The van der Waals surface area contributed by atoms with Crippen molar-refractivity contribution in [3.8, 4) is 0 Å². The van der Waals surface area contributed by atoms with Crippen molar-refractivity contribution < 1.29 is 9.59 Å². The number of anilines is 1. The van der Waals surface area contributed by atoms with E-state index in [4.69, 9.17) is 0 Å². The van der Waals surface area contributed by atoms with E-state index in [1.807, 2.05) is 43.3 Å². The number of carbonyl (C=O) groups excluding carboxylic acids is 2. The van der Waals surface area contributed by atoms with Crippen LogP contribution in [-0.4, -0.2) is 56.2 Å². The van der Waals surface area contributed by atoms with Gasteiger partial charge in [-0.15, -0.1) is 11.8 Å². The number of thioether (sulfide) groups is 1. The zero-order valence-electron chi connectivity index (χ0n) is 17.9. The van der Waals surface area contributed by atoms with Gasteiger partial charge in [0.1, 0.15) is 0 Å². The van der Waals surface area contributed by atoms with Gasteiger partial charge in [-0.1, -0.05) is 24.3 Å². The molecule has 0 atom stereocenters. The van der Waals surface area contributed by atoms with Crippen LogP contribution in [0.25, 0.3) is 0 Å². The third-order valence-electron chi connectivity index (χ3n) is 5.32. The number of aryl methyl sites for hydroxylation is 1. The Bertz CT molecular complexity index is 846. The number of benzene rings is 2. The molecule has 1 aliphatic heterocycles. The lowest BCUT2D eigenvalue weighted by Crippen LogP contribution is -2.29. The maximum absolute atomic E-state index is 12.7. The Hall–Kier alpha value is -2.47. The van der Waals surface area contributed by atoms with Gasteiger partial charge in [0, 0.05) is 44.3 Å². The van der Waals surface area contributed by atoms with E-state index in [9.17, 15) is 9.59 Å². The molecular weight excluding hydrogens is 394 g/mol. The lowest BCUT2D eigenvalue weighted by Gasteiger charge is -2.15. The van der Waals surface area contributed by atoms with E-state index in [0.717, 1.165) is 43.7 Å². The van der Waals surface area contributed by atoms with Crippen molar-refractivity contribution in [2.75, 3.05) is 44.4 Å². The van der Waals surface area contributed by atoms with Crippen LogP contribution in [0.1, 0.15) is 35.2 Å². The average molecular weight is 426 g/mol. The molecule has 1 saturated heterocycles. The summed E-state index contributed by atoms with van der Waals surface area (Å²) in [6, 6.07) is 16.0. The molecule has 2 aromatic carbocycles. The number of rotatable bonds is 9. The summed E-state index contributed by atoms with van der Waals surface area (Å²) in [5.74, 6) is 0.468. The van der Waals surface area contributed by atoms with Gasteiger partial charge in [0.25, 0.3) is 5.91 Å². The minimum atomic E-state index is -0.0744. The number of hydrogen-bond donors (Lipinski definition) is 1. The van der Waals surface area contributed by atoms with Gasteiger partial charge in [-0.3, -0.25) is 9.59 Å². The number of likely N-dealkylation sites (tertiary alicyclic amines) is 1. The highest BCUT2D eigenvalue weighted by Gasteiger charge is 2.19. The molecule has 0 aliphatic carbocycles. The number of nitrogens with one attached hydrogen (secondary N) is 1. The van der Waals surface area contributed by atoms with Gasteiger partial charge in [-0.25, -0.2) is 0 Å². The van der Waals surface area contributed by atoms with Crippen LogP contribution in [0.15, 0.2) is 53.4 Å². The van der Waals surface area contributed by atoms with Crippen molar-refractivity contribution in [3.05, 3.63) is 59.7 Å². The Morgan fingerprint density at radius 3 is 2.43 bits per heavy atom. The SMILES string of the molecule is CN(C)c1ccc(CCCNC(=O)c2ccccc2SCC(=O)N2CCCC2)cc1. The van der Waals surface area contributed by atoms with E-state index in [-0.39, 0.29) is 11.8 Å². The number of carbonyl (C=O) groups is 2. The van der Waals surface area contributed by atoms with Crippen LogP contribution < -0.4 is 10.2 Å². The third-order valence-corrected chi connectivity index (χ3v) is 6.38. The van der Waals surface area contributed by atoms with E-state index in [1.165, 1.54) is 23.0 Å². The molecule has 2 aromatic rings. The fourth-order valence-electron chi connectivity index (χ4n) is 3.53. The first kappa shape index (κ1) is 22.2. The molecular formula is C24H31N3O2S. The molecule has 0 spiro atoms. The highest BCUT2D eigenvalue weighted by atomic mass is 32.2. The normalized spacial score (nSPS) is 13.3. The minimum absolute atomic E-state index is 0.0744. The predicted molar refractivity (Wildman–Crippen MR) is 124 cm³/mol. The average Bonchev–Trinajstić information content (AvgIpc) is 3.30. The highest BCUT2D eigenvalue weighted by molar-refractivity contribution is 8.00. The van der Waals surface area contributed by atoms with Crippen molar-refractivity contribution in [1.82, 2.24) is 10.2 Å². The highest BCUT2D eigenvalue weighted by Crippen LogP contribution is 2.24. The molecule has 1 heterocycles. The van der Waals surface area contributed by atoms with Gasteiger partial charge < -0.3 is 15.1 Å². The zero-order chi connectivity index (χ0) is 21.3. The number of hydrogen-bond acceptors (Lipinski definition) is 4. The summed E-state index contributed by atoms with van der Waals surface area (Å²) in [4.78, 5) is 29.8. The molecule has 2 amide bonds. The second-order valence-corrected chi connectivity index (χ2v) is 8.81. The van der Waals surface area contributed by atoms with Crippen LogP contribution in [0.4, 0.5) is 5.69 Å². The standard InChI is InChI=1S/C24H31N3O2S/c1-26(2)20-13-11-19(12-14-20)8-7-15-25-24(29)21-9-3-4-10-22(21)30-18-23(28)27-16-5-6-17-27/h3-4,9-14H,5-8,15-18H2,1-2H3,(H,25,29). The molecule has 0 bridgehead atoms. The van der Waals surface area contributed by atoms with Crippen LogP contribution in [0, 0.1) is 0 Å². The Morgan fingerprint density at radius 1 is 1.03 bits per heavy atom. The zero-order valence-corrected chi connectivity index (χ0v) is 18.7. The first-order chi connectivity index (χ1) is 14.5. The maximum atomic E-state index is 12.7.